The van der Waals surface area contributed by atoms with Crippen LogP contribution in [0.25, 0.3) is 5.57 Å². The molecule has 0 saturated carbocycles. The van der Waals surface area contributed by atoms with Gasteiger partial charge in [-0.15, -0.1) is 13.2 Å². The van der Waals surface area contributed by atoms with Gasteiger partial charge in [0.1, 0.15) is 5.75 Å². The van der Waals surface area contributed by atoms with E-state index in [9.17, 15) is 18.0 Å². The van der Waals surface area contributed by atoms with Crippen molar-refractivity contribution in [1.29, 1.82) is 0 Å². The number of halogens is 3. The Morgan fingerprint density at radius 3 is 2.60 bits per heavy atom. The minimum Gasteiger partial charge on any atom is -0.478 e. The molecule has 0 fully saturated rings. The topological polar surface area (TPSA) is 46.5 Å². The number of carbonyl (C=O) groups is 1. The van der Waals surface area contributed by atoms with Gasteiger partial charge in [-0.3, -0.25) is 0 Å². The normalized spacial score (nSPS) is 14.8. The lowest BCUT2D eigenvalue weighted by molar-refractivity contribution is -0.274. The van der Waals surface area contributed by atoms with Crippen molar-refractivity contribution >= 4 is 11.5 Å². The van der Waals surface area contributed by atoms with E-state index < -0.39 is 18.1 Å². The molecule has 1 aromatic rings. The molecular formula is C14H11F3O3. The Balaban J connectivity index is 2.47. The first-order valence-electron chi connectivity index (χ1n) is 5.86. The molecule has 0 aromatic heterocycles. The molecule has 1 aliphatic carbocycles. The lowest BCUT2D eigenvalue weighted by atomic mass is 9.95. The smallest absolute Gasteiger partial charge is 0.478 e. The summed E-state index contributed by atoms with van der Waals surface area (Å²) in [4.78, 5) is 10.8. The molecule has 20 heavy (non-hydrogen) atoms. The number of carboxylic acid groups (broad SMARTS) is 1. The fourth-order valence-electron chi connectivity index (χ4n) is 1.96. The molecule has 3 nitrogen and oxygen atoms in total. The molecule has 0 bridgehead atoms. The first-order chi connectivity index (χ1) is 9.37. The molecule has 0 spiro atoms. The van der Waals surface area contributed by atoms with Crippen LogP contribution < -0.4 is 4.74 Å². The maximum absolute atomic E-state index is 12.4. The summed E-state index contributed by atoms with van der Waals surface area (Å²) in [5, 5.41) is 8.85. The van der Waals surface area contributed by atoms with Crippen LogP contribution >= 0.6 is 0 Å². The Morgan fingerprint density at radius 2 is 2.05 bits per heavy atom. The third-order valence-electron chi connectivity index (χ3n) is 2.81. The summed E-state index contributed by atoms with van der Waals surface area (Å²) in [6.07, 6.45) is 1.79. The minimum atomic E-state index is -4.86. The number of rotatable bonds is 3. The SMILES string of the molecule is O=C(O)c1ccc(C2=CC=CCC2)c(OC(F)(F)F)c1. The number of carboxylic acids is 1. The van der Waals surface area contributed by atoms with E-state index in [1.165, 1.54) is 12.1 Å². The quantitative estimate of drug-likeness (QED) is 0.912. The molecule has 0 unspecified atom stereocenters. The zero-order valence-electron chi connectivity index (χ0n) is 10.3. The van der Waals surface area contributed by atoms with Crippen molar-refractivity contribution in [2.45, 2.75) is 19.2 Å². The highest BCUT2D eigenvalue weighted by Gasteiger charge is 2.32. The van der Waals surface area contributed by atoms with Crippen molar-refractivity contribution in [3.8, 4) is 5.75 Å². The van der Waals surface area contributed by atoms with Crippen LogP contribution in [0, 0.1) is 0 Å². The molecular weight excluding hydrogens is 273 g/mol. The third-order valence-corrected chi connectivity index (χ3v) is 2.81. The van der Waals surface area contributed by atoms with Crippen molar-refractivity contribution in [3.05, 3.63) is 47.6 Å². The highest BCUT2D eigenvalue weighted by molar-refractivity contribution is 5.89. The molecule has 0 aliphatic heterocycles. The van der Waals surface area contributed by atoms with Gasteiger partial charge in [-0.2, -0.15) is 0 Å². The summed E-state index contributed by atoms with van der Waals surface area (Å²) in [5.41, 5.74) is 0.695. The van der Waals surface area contributed by atoms with Gasteiger partial charge in [0.05, 0.1) is 5.56 Å². The van der Waals surface area contributed by atoms with Crippen LogP contribution in [0.3, 0.4) is 0 Å². The van der Waals surface area contributed by atoms with Crippen LogP contribution in [-0.4, -0.2) is 17.4 Å². The van der Waals surface area contributed by atoms with Gasteiger partial charge < -0.3 is 9.84 Å². The van der Waals surface area contributed by atoms with Crippen molar-refractivity contribution in [1.82, 2.24) is 0 Å². The van der Waals surface area contributed by atoms with Crippen LogP contribution in [0.4, 0.5) is 13.2 Å². The number of aromatic carboxylic acids is 1. The number of hydrogen-bond acceptors (Lipinski definition) is 2. The van der Waals surface area contributed by atoms with E-state index in [1.807, 2.05) is 6.08 Å². The largest absolute Gasteiger partial charge is 0.573 e. The molecule has 106 valence electrons. The van der Waals surface area contributed by atoms with Gasteiger partial charge in [-0.1, -0.05) is 24.3 Å². The number of alkyl halides is 3. The Labute approximate surface area is 113 Å². The fraction of sp³-hybridized carbons (Fsp3) is 0.214. The number of allylic oxidation sites excluding steroid dienone is 4. The number of hydrogen-bond donors (Lipinski definition) is 1. The van der Waals surface area contributed by atoms with Crippen molar-refractivity contribution in [3.63, 3.8) is 0 Å². The molecule has 0 saturated heterocycles. The van der Waals surface area contributed by atoms with Gasteiger partial charge in [0.2, 0.25) is 0 Å². The summed E-state index contributed by atoms with van der Waals surface area (Å²) in [5.74, 6) is -1.79. The van der Waals surface area contributed by atoms with Gasteiger partial charge in [0.25, 0.3) is 0 Å². The summed E-state index contributed by atoms with van der Waals surface area (Å²) < 4.78 is 41.2. The predicted octanol–water partition coefficient (Wildman–Crippen LogP) is 4.02. The average Bonchev–Trinajstić information content (AvgIpc) is 2.37. The fourth-order valence-corrected chi connectivity index (χ4v) is 1.96. The molecule has 0 radical (unpaired) electrons. The van der Waals surface area contributed by atoms with Gasteiger partial charge in [-0.05, 0) is 30.5 Å². The molecule has 1 aliphatic rings. The lowest BCUT2D eigenvalue weighted by Crippen LogP contribution is -2.18. The summed E-state index contributed by atoms with van der Waals surface area (Å²) in [7, 11) is 0. The molecule has 1 aromatic carbocycles. The maximum atomic E-state index is 12.4. The van der Waals surface area contributed by atoms with Crippen molar-refractivity contribution in [2.75, 3.05) is 0 Å². The first kappa shape index (κ1) is 14.2. The van der Waals surface area contributed by atoms with E-state index in [-0.39, 0.29) is 11.1 Å². The molecule has 0 heterocycles. The monoisotopic (exact) mass is 284 g/mol. The van der Waals surface area contributed by atoms with Gasteiger partial charge in [0.15, 0.2) is 0 Å². The zero-order valence-corrected chi connectivity index (χ0v) is 10.3. The summed E-state index contributed by atoms with van der Waals surface area (Å²) in [6.45, 7) is 0. The van der Waals surface area contributed by atoms with Crippen LogP contribution in [0.5, 0.6) is 5.75 Å². The second-order valence-electron chi connectivity index (χ2n) is 4.22. The van der Waals surface area contributed by atoms with Crippen molar-refractivity contribution < 1.29 is 27.8 Å². The average molecular weight is 284 g/mol. The van der Waals surface area contributed by atoms with Crippen LogP contribution in [-0.2, 0) is 0 Å². The minimum absolute atomic E-state index is 0.250. The number of ether oxygens (including phenoxy) is 1. The Hall–Kier alpha value is -2.24. The van der Waals surface area contributed by atoms with E-state index in [1.54, 1.807) is 12.2 Å². The van der Waals surface area contributed by atoms with Gasteiger partial charge in [0, 0.05) is 5.56 Å². The van der Waals surface area contributed by atoms with Crippen molar-refractivity contribution in [2.24, 2.45) is 0 Å². The van der Waals surface area contributed by atoms with E-state index in [4.69, 9.17) is 5.11 Å². The first-order valence-corrected chi connectivity index (χ1v) is 5.86. The summed E-state index contributed by atoms with van der Waals surface area (Å²) >= 11 is 0. The molecule has 6 heteroatoms. The Morgan fingerprint density at radius 1 is 1.30 bits per heavy atom. The van der Waals surface area contributed by atoms with Crippen LogP contribution in [0.15, 0.2) is 36.4 Å². The molecule has 0 amide bonds. The highest BCUT2D eigenvalue weighted by Crippen LogP contribution is 2.35. The standard InChI is InChI=1S/C14H11F3O3/c15-14(16,17)20-12-8-10(13(18)19)6-7-11(12)9-4-2-1-3-5-9/h1-2,4,6-8H,3,5H2,(H,18,19). The van der Waals surface area contributed by atoms with Gasteiger partial charge >= 0.3 is 12.3 Å². The molecule has 0 atom stereocenters. The Kier molecular flexibility index (Phi) is 3.83. The van der Waals surface area contributed by atoms with E-state index >= 15 is 0 Å². The maximum Gasteiger partial charge on any atom is 0.573 e. The number of benzene rings is 1. The Bertz CT molecular complexity index is 586. The second kappa shape index (κ2) is 5.40. The zero-order chi connectivity index (χ0) is 14.8. The molecule has 2 rings (SSSR count). The predicted molar refractivity (Wildman–Crippen MR) is 66.4 cm³/mol. The van der Waals surface area contributed by atoms with Crippen LogP contribution in [0.1, 0.15) is 28.8 Å². The van der Waals surface area contributed by atoms with E-state index in [2.05, 4.69) is 4.74 Å². The molecule has 1 N–H and O–H groups in total. The third kappa shape index (κ3) is 3.40. The summed E-state index contributed by atoms with van der Waals surface area (Å²) in [6, 6.07) is 3.50. The highest BCUT2D eigenvalue weighted by atomic mass is 19.4. The van der Waals surface area contributed by atoms with Crippen LogP contribution in [0.2, 0.25) is 0 Å². The van der Waals surface area contributed by atoms with Gasteiger partial charge in [-0.25, -0.2) is 4.79 Å². The van der Waals surface area contributed by atoms with E-state index in [0.29, 0.717) is 12.0 Å². The lowest BCUT2D eigenvalue weighted by Gasteiger charge is -2.16. The second-order valence-corrected chi connectivity index (χ2v) is 4.22. The van der Waals surface area contributed by atoms with E-state index in [0.717, 1.165) is 12.5 Å².